The smallest absolute Gasteiger partial charge is 0.225 e. The van der Waals surface area contributed by atoms with Gasteiger partial charge in [-0.05, 0) is 31.9 Å². The summed E-state index contributed by atoms with van der Waals surface area (Å²) in [6.45, 7) is 2.89. The summed E-state index contributed by atoms with van der Waals surface area (Å²) in [6.07, 6.45) is 5.97. The third-order valence-electron chi connectivity index (χ3n) is 3.88. The molecule has 1 unspecified atom stereocenters. The summed E-state index contributed by atoms with van der Waals surface area (Å²) in [4.78, 5) is 16.4. The molecule has 0 fully saturated rings. The molecule has 0 bridgehead atoms. The third kappa shape index (κ3) is 4.97. The van der Waals surface area contributed by atoms with E-state index in [1.54, 1.807) is 0 Å². The van der Waals surface area contributed by atoms with E-state index in [1.807, 2.05) is 31.2 Å². The van der Waals surface area contributed by atoms with Gasteiger partial charge in [0.05, 0.1) is 5.69 Å². The van der Waals surface area contributed by atoms with Gasteiger partial charge in [0.25, 0.3) is 0 Å². The van der Waals surface area contributed by atoms with Crippen LogP contribution in [0.5, 0.6) is 0 Å². The lowest BCUT2D eigenvalue weighted by molar-refractivity contribution is -0.116. The molecular formula is C17H24Cl2N4O. The Bertz CT molecular complexity index is 644. The number of carbonyl (C=O) groups is 1. The number of imidazole rings is 1. The maximum absolute atomic E-state index is 11.7. The second-order valence-electron chi connectivity index (χ2n) is 6.00. The van der Waals surface area contributed by atoms with Crippen molar-refractivity contribution in [2.24, 2.45) is 5.73 Å². The van der Waals surface area contributed by atoms with Crippen molar-refractivity contribution in [2.75, 3.05) is 5.32 Å². The van der Waals surface area contributed by atoms with Crippen LogP contribution in [-0.4, -0.2) is 21.5 Å². The van der Waals surface area contributed by atoms with Gasteiger partial charge in [-0.25, -0.2) is 4.98 Å². The molecule has 1 atom stereocenters. The van der Waals surface area contributed by atoms with E-state index in [4.69, 9.17) is 10.7 Å². The molecule has 3 N–H and O–H groups in total. The van der Waals surface area contributed by atoms with Crippen molar-refractivity contribution in [1.82, 2.24) is 9.55 Å². The number of nitrogens with zero attached hydrogens (tertiary/aromatic N) is 2. The first kappa shape index (κ1) is 20.5. The summed E-state index contributed by atoms with van der Waals surface area (Å²) in [7, 11) is 0. The van der Waals surface area contributed by atoms with E-state index in [0.717, 1.165) is 29.9 Å². The van der Waals surface area contributed by atoms with Gasteiger partial charge in [-0.2, -0.15) is 0 Å². The molecule has 3 rings (SSSR count). The summed E-state index contributed by atoms with van der Waals surface area (Å²) in [5.41, 5.74) is 8.49. The number of hydrogen-bond donors (Lipinski definition) is 2. The van der Waals surface area contributed by atoms with Gasteiger partial charge in [0.1, 0.15) is 5.82 Å². The Morgan fingerprint density at radius 3 is 2.62 bits per heavy atom. The highest BCUT2D eigenvalue weighted by molar-refractivity contribution is 5.91. The lowest BCUT2D eigenvalue weighted by atomic mass is 10.1. The van der Waals surface area contributed by atoms with Crippen molar-refractivity contribution >= 4 is 36.4 Å². The van der Waals surface area contributed by atoms with Crippen molar-refractivity contribution in [3.05, 3.63) is 36.3 Å². The van der Waals surface area contributed by atoms with Crippen LogP contribution in [0, 0.1) is 0 Å². The Morgan fingerprint density at radius 1 is 1.29 bits per heavy atom. The number of nitrogens with two attached hydrogens (primary N) is 1. The third-order valence-corrected chi connectivity index (χ3v) is 3.88. The highest BCUT2D eigenvalue weighted by atomic mass is 35.5. The van der Waals surface area contributed by atoms with Crippen LogP contribution in [0.4, 0.5) is 5.69 Å². The molecule has 132 valence electrons. The monoisotopic (exact) mass is 370 g/mol. The molecule has 0 saturated heterocycles. The molecule has 1 amide bonds. The topological polar surface area (TPSA) is 72.9 Å². The molecule has 1 aliphatic heterocycles. The Kier molecular flexibility index (Phi) is 7.73. The van der Waals surface area contributed by atoms with Gasteiger partial charge in [-0.15, -0.1) is 24.8 Å². The molecule has 24 heavy (non-hydrogen) atoms. The highest BCUT2D eigenvalue weighted by Gasteiger charge is 2.13. The van der Waals surface area contributed by atoms with Crippen molar-refractivity contribution in [1.29, 1.82) is 0 Å². The summed E-state index contributed by atoms with van der Waals surface area (Å²) < 4.78 is 2.25. The number of rotatable bonds is 4. The SMILES string of the molecule is CC(N)CC(=O)Nc1ccc(-c2cn3c(n2)CCCC3)cc1.Cl.Cl. The van der Waals surface area contributed by atoms with Gasteiger partial charge in [-0.1, -0.05) is 12.1 Å². The number of hydrogen-bond acceptors (Lipinski definition) is 3. The number of aromatic nitrogens is 2. The van der Waals surface area contributed by atoms with Crippen LogP contribution in [0.3, 0.4) is 0 Å². The normalized spacial score (nSPS) is 13.9. The van der Waals surface area contributed by atoms with E-state index in [9.17, 15) is 4.79 Å². The van der Waals surface area contributed by atoms with Crippen LogP contribution < -0.4 is 11.1 Å². The maximum Gasteiger partial charge on any atom is 0.225 e. The van der Waals surface area contributed by atoms with Crippen molar-refractivity contribution < 1.29 is 4.79 Å². The van der Waals surface area contributed by atoms with Crippen LogP contribution in [0.2, 0.25) is 0 Å². The van der Waals surface area contributed by atoms with Crippen LogP contribution in [0.1, 0.15) is 32.0 Å². The zero-order chi connectivity index (χ0) is 15.5. The molecule has 2 aromatic rings. The molecular weight excluding hydrogens is 347 g/mol. The average Bonchev–Trinajstić information content (AvgIpc) is 2.91. The predicted octanol–water partition coefficient (Wildman–Crippen LogP) is 3.41. The molecule has 1 aliphatic rings. The van der Waals surface area contributed by atoms with E-state index in [-0.39, 0.29) is 36.8 Å². The summed E-state index contributed by atoms with van der Waals surface area (Å²) in [5.74, 6) is 1.12. The molecule has 7 heteroatoms. The van der Waals surface area contributed by atoms with Gasteiger partial charge in [-0.3, -0.25) is 4.79 Å². The standard InChI is InChI=1S/C17H22N4O.2ClH/c1-12(18)10-17(22)19-14-7-5-13(6-8-14)15-11-21-9-3-2-4-16(21)20-15;;/h5-8,11-12H,2-4,9-10,18H2,1H3,(H,19,22);2*1H. The minimum atomic E-state index is -0.129. The lowest BCUT2D eigenvalue weighted by Crippen LogP contribution is -2.23. The van der Waals surface area contributed by atoms with E-state index in [2.05, 4.69) is 16.1 Å². The number of benzene rings is 1. The Labute approximate surface area is 154 Å². The minimum Gasteiger partial charge on any atom is -0.334 e. The number of fused-ring (bicyclic) bond motifs is 1. The Hall–Kier alpha value is -1.56. The highest BCUT2D eigenvalue weighted by Crippen LogP contribution is 2.24. The molecule has 0 saturated carbocycles. The number of aryl methyl sites for hydroxylation is 2. The van der Waals surface area contributed by atoms with Gasteiger partial charge >= 0.3 is 0 Å². The van der Waals surface area contributed by atoms with Crippen molar-refractivity contribution in [2.45, 2.75) is 45.2 Å². The molecule has 5 nitrogen and oxygen atoms in total. The molecule has 1 aromatic heterocycles. The number of halogens is 2. The second kappa shape index (κ2) is 9.06. The maximum atomic E-state index is 11.7. The van der Waals surface area contributed by atoms with Gasteiger partial charge in [0.2, 0.25) is 5.91 Å². The first-order chi connectivity index (χ1) is 10.6. The molecule has 0 aliphatic carbocycles. The molecule has 0 radical (unpaired) electrons. The van der Waals surface area contributed by atoms with Gasteiger partial charge in [0, 0.05) is 42.9 Å². The fraction of sp³-hybridized carbons (Fsp3) is 0.412. The van der Waals surface area contributed by atoms with E-state index >= 15 is 0 Å². The average molecular weight is 371 g/mol. The number of anilines is 1. The van der Waals surface area contributed by atoms with Gasteiger partial charge < -0.3 is 15.6 Å². The predicted molar refractivity (Wildman–Crippen MR) is 102 cm³/mol. The van der Waals surface area contributed by atoms with Crippen molar-refractivity contribution in [3.8, 4) is 11.3 Å². The van der Waals surface area contributed by atoms with Gasteiger partial charge in [0.15, 0.2) is 0 Å². The van der Waals surface area contributed by atoms with E-state index < -0.39 is 0 Å². The summed E-state index contributed by atoms with van der Waals surface area (Å²) in [6, 6.07) is 7.68. The number of nitrogens with one attached hydrogen (secondary N) is 1. The first-order valence-electron chi connectivity index (χ1n) is 7.84. The fourth-order valence-electron chi connectivity index (χ4n) is 2.78. The number of carbonyl (C=O) groups excluding carboxylic acids is 1. The van der Waals surface area contributed by atoms with Crippen LogP contribution >= 0.6 is 24.8 Å². The second-order valence-corrected chi connectivity index (χ2v) is 6.00. The van der Waals surface area contributed by atoms with E-state index in [0.29, 0.717) is 6.42 Å². The van der Waals surface area contributed by atoms with Crippen molar-refractivity contribution in [3.63, 3.8) is 0 Å². The molecule has 1 aromatic carbocycles. The lowest BCUT2D eigenvalue weighted by Gasteiger charge is -2.11. The van der Waals surface area contributed by atoms with Crippen LogP contribution in [0.25, 0.3) is 11.3 Å². The zero-order valence-corrected chi connectivity index (χ0v) is 15.3. The minimum absolute atomic E-state index is 0. The first-order valence-corrected chi connectivity index (χ1v) is 7.84. The summed E-state index contributed by atoms with van der Waals surface area (Å²) >= 11 is 0. The molecule has 0 spiro atoms. The Morgan fingerprint density at radius 2 is 2.00 bits per heavy atom. The molecule has 2 heterocycles. The summed E-state index contributed by atoms with van der Waals surface area (Å²) in [5, 5.41) is 2.86. The number of amides is 1. The van der Waals surface area contributed by atoms with E-state index in [1.165, 1.54) is 18.7 Å². The van der Waals surface area contributed by atoms with Crippen LogP contribution in [-0.2, 0) is 17.8 Å². The van der Waals surface area contributed by atoms with Crippen LogP contribution in [0.15, 0.2) is 30.5 Å². The fourth-order valence-corrected chi connectivity index (χ4v) is 2.78. The largest absolute Gasteiger partial charge is 0.334 e. The Balaban J connectivity index is 0.00000144. The quantitative estimate of drug-likeness (QED) is 0.865. The zero-order valence-electron chi connectivity index (χ0n) is 13.7.